The van der Waals surface area contributed by atoms with Crippen LogP contribution in [0.15, 0.2) is 46.9 Å². The number of hydrogen-bond donors (Lipinski definition) is 1. The summed E-state index contributed by atoms with van der Waals surface area (Å²) in [5.74, 6) is -0.248. The maximum atomic E-state index is 15.0. The molecule has 0 spiro atoms. The number of rotatable bonds is 5. The summed E-state index contributed by atoms with van der Waals surface area (Å²) in [7, 11) is 0. The van der Waals surface area contributed by atoms with Crippen molar-refractivity contribution in [3.8, 4) is 16.9 Å². The zero-order chi connectivity index (χ0) is 37.9. The number of halogens is 5. The first-order valence-electron chi connectivity index (χ1n) is 16.5. The summed E-state index contributed by atoms with van der Waals surface area (Å²) in [4.78, 5) is 15.0. The van der Waals surface area contributed by atoms with Crippen LogP contribution in [0.3, 0.4) is 0 Å². The average molecular weight is 997 g/mol. The number of hydrogen-bond acceptors (Lipinski definition) is 3. The molecule has 1 aliphatic rings. The third kappa shape index (κ3) is 7.18. The van der Waals surface area contributed by atoms with Crippen LogP contribution in [-0.4, -0.2) is 37.5 Å². The quantitative estimate of drug-likeness (QED) is 0.205. The molecule has 1 N–H and O–H groups in total. The summed E-state index contributed by atoms with van der Waals surface area (Å²) in [6.07, 6.45) is 0. The van der Waals surface area contributed by atoms with E-state index in [-0.39, 0.29) is 44.6 Å². The van der Waals surface area contributed by atoms with Crippen molar-refractivity contribution in [1.29, 1.82) is 0 Å². The molecular formula is C38H53BBrCl2I2N4O-. The Hall–Kier alpha value is -0.335. The van der Waals surface area contributed by atoms with Gasteiger partial charge >= 0.3 is 41.3 Å². The van der Waals surface area contributed by atoms with E-state index in [4.69, 9.17) is 34.0 Å². The fourth-order valence-electron chi connectivity index (χ4n) is 7.25. The van der Waals surface area contributed by atoms with Gasteiger partial charge in [0.05, 0.1) is 16.4 Å². The molecule has 0 bridgehead atoms. The predicted octanol–water partition coefficient (Wildman–Crippen LogP) is 9.04. The second-order valence-electron chi connectivity index (χ2n) is 17.3. The van der Waals surface area contributed by atoms with Crippen molar-refractivity contribution in [3.63, 3.8) is 0 Å². The van der Waals surface area contributed by atoms with Gasteiger partial charge in [-0.2, -0.15) is 5.10 Å². The van der Waals surface area contributed by atoms with Crippen molar-refractivity contribution >= 4 is 69.4 Å². The van der Waals surface area contributed by atoms with E-state index in [1.165, 1.54) is 0 Å². The summed E-state index contributed by atoms with van der Waals surface area (Å²) in [6, 6.07) is 13.5. The number of hydrazine groups is 1. The summed E-state index contributed by atoms with van der Waals surface area (Å²) < 4.78 is 2.78. The molecule has 0 unspecified atom stereocenters. The van der Waals surface area contributed by atoms with Crippen LogP contribution in [0.4, 0.5) is 0 Å². The molecule has 11 heteroatoms. The molecule has 2 radical (unpaired) electrons. The number of aromatic nitrogens is 2. The van der Waals surface area contributed by atoms with Crippen LogP contribution >= 0.6 is 57.7 Å². The van der Waals surface area contributed by atoms with E-state index in [1.807, 2.05) is 22.9 Å². The van der Waals surface area contributed by atoms with Gasteiger partial charge in [-0.05, 0) is 85.1 Å². The second-order valence-corrected chi connectivity index (χ2v) is 22.7. The van der Waals surface area contributed by atoms with E-state index in [9.17, 15) is 4.79 Å². The third-order valence-corrected chi connectivity index (χ3v) is 14.4. The Morgan fingerprint density at radius 1 is 0.857 bits per heavy atom. The van der Waals surface area contributed by atoms with Gasteiger partial charge in [-0.3, -0.25) is 10.2 Å². The van der Waals surface area contributed by atoms with E-state index in [2.05, 4.69) is 161 Å². The number of carbonyl (C=O) groups is 1. The Morgan fingerprint density at radius 2 is 1.33 bits per heavy atom. The molecule has 0 atom stereocenters. The standard InChI is InChI=1S/C38H53BrCl2N4O.BI2/c1-32(2,3)33(4,5)28-29(31(46)43-45-37(12,13)35(8,9)34(6,7)36(10,11)38(45,14)15)42-44(27-21-20-25(40)22-26(27)41)30(28)23-16-18-24(39)19-17-23;1-3-2/h16-22H,1-15H3,(H,43,46);/q;-1. The van der Waals surface area contributed by atoms with Crippen molar-refractivity contribution in [2.45, 2.75) is 120 Å². The summed E-state index contributed by atoms with van der Waals surface area (Å²) in [5, 5.41) is 8.33. The van der Waals surface area contributed by atoms with Crippen LogP contribution in [0.5, 0.6) is 0 Å². The van der Waals surface area contributed by atoms with Crippen LogP contribution < -0.4 is 22.4 Å². The van der Waals surface area contributed by atoms with E-state index in [1.54, 1.807) is 12.1 Å². The SMILES string of the molecule is CC(C)(C)C(C)(C)c1c(C(=O)NN2C(C)(C)C(C)(C)C(C)(C)C(C)(C)C2(C)C)nn(-c2ccc(Cl)cc2Cl)c1-c1ccc(Br)cc1.[B][I-]I. The number of piperidine rings is 1. The van der Waals surface area contributed by atoms with Gasteiger partial charge < -0.3 is 0 Å². The average Bonchev–Trinajstić information content (AvgIpc) is 3.36. The Kier molecular flexibility index (Phi) is 12.7. The Labute approximate surface area is 335 Å². The number of nitrogens with one attached hydrogen (secondary N) is 1. The second kappa shape index (κ2) is 14.5. The minimum atomic E-state index is -0.493. The first-order chi connectivity index (χ1) is 22.1. The zero-order valence-corrected chi connectivity index (χ0v) is 39.2. The first kappa shape index (κ1) is 43.1. The van der Waals surface area contributed by atoms with Gasteiger partial charge in [0.15, 0.2) is 5.69 Å². The molecule has 0 saturated carbocycles. The minimum absolute atomic E-state index is 0.0600. The van der Waals surface area contributed by atoms with E-state index >= 15 is 0 Å². The van der Waals surface area contributed by atoms with Crippen molar-refractivity contribution < 1.29 is 21.8 Å². The summed E-state index contributed by atoms with van der Waals surface area (Å²) in [5.41, 5.74) is 10.0. The molecule has 1 fully saturated rings. The van der Waals surface area contributed by atoms with Crippen LogP contribution in [0, 0.1) is 21.7 Å². The van der Waals surface area contributed by atoms with Crippen molar-refractivity contribution in [3.05, 3.63) is 68.2 Å². The van der Waals surface area contributed by atoms with Crippen molar-refractivity contribution in [2.24, 2.45) is 21.7 Å². The summed E-state index contributed by atoms with van der Waals surface area (Å²) >= 11 is 19.0. The fourth-order valence-corrected chi connectivity index (χ4v) is 8.00. The molecule has 5 nitrogen and oxygen atoms in total. The molecule has 1 amide bonds. The van der Waals surface area contributed by atoms with Gasteiger partial charge in [0.2, 0.25) is 0 Å². The van der Waals surface area contributed by atoms with Crippen LogP contribution in [0.25, 0.3) is 16.9 Å². The van der Waals surface area contributed by atoms with Crippen molar-refractivity contribution in [1.82, 2.24) is 20.2 Å². The fraction of sp³-hybridized carbons (Fsp3) is 0.579. The normalized spacial score (nSPS) is 19.6. The molecule has 4 rings (SSSR count). The van der Waals surface area contributed by atoms with Gasteiger partial charge in [0.1, 0.15) is 0 Å². The molecule has 3 aromatic rings. The molecule has 2 heterocycles. The van der Waals surface area contributed by atoms with Gasteiger partial charge in [0, 0.05) is 31.7 Å². The van der Waals surface area contributed by atoms with E-state index < -0.39 is 16.5 Å². The first-order valence-corrected chi connectivity index (χ1v) is 25.6. The van der Waals surface area contributed by atoms with Gasteiger partial charge in [-0.25, -0.2) is 9.69 Å². The van der Waals surface area contributed by atoms with E-state index in [0.717, 1.165) is 21.3 Å². The number of nitrogens with zero attached hydrogens (tertiary/aromatic N) is 3. The van der Waals surface area contributed by atoms with Crippen LogP contribution in [-0.2, 0) is 5.41 Å². The van der Waals surface area contributed by atoms with Crippen LogP contribution in [0.2, 0.25) is 10.0 Å². The van der Waals surface area contributed by atoms with Gasteiger partial charge in [-0.15, -0.1) is 0 Å². The molecule has 49 heavy (non-hydrogen) atoms. The topological polar surface area (TPSA) is 50.2 Å². The number of benzene rings is 2. The number of carbonyl (C=O) groups excluding carboxylic acids is 1. The Bertz CT molecular complexity index is 1660. The predicted molar refractivity (Wildman–Crippen MR) is 218 cm³/mol. The monoisotopic (exact) mass is 995 g/mol. The maximum absolute atomic E-state index is 15.0. The molecule has 1 aromatic heterocycles. The molecule has 2 aromatic carbocycles. The molecule has 270 valence electrons. The van der Waals surface area contributed by atoms with Crippen molar-refractivity contribution in [2.75, 3.05) is 0 Å². The van der Waals surface area contributed by atoms with Crippen LogP contribution in [0.1, 0.15) is 120 Å². The molecule has 0 aliphatic carbocycles. The van der Waals surface area contributed by atoms with Gasteiger partial charge in [0.25, 0.3) is 5.91 Å². The third-order valence-electron chi connectivity index (χ3n) is 13.4. The number of amides is 1. The summed E-state index contributed by atoms with van der Waals surface area (Å²) in [6.45, 7) is 34.0. The molecular weight excluding hydrogens is 944 g/mol. The zero-order valence-electron chi connectivity index (χ0n) is 31.8. The van der Waals surface area contributed by atoms with Gasteiger partial charge in [-0.1, -0.05) is 127 Å². The van der Waals surface area contributed by atoms with E-state index in [0.29, 0.717) is 21.4 Å². The Balaban J connectivity index is 0.00000209. The molecule has 1 saturated heterocycles. The Morgan fingerprint density at radius 3 is 1.76 bits per heavy atom. The molecule has 1 aliphatic heterocycles.